The van der Waals surface area contributed by atoms with Gasteiger partial charge in [-0.1, -0.05) is 37.3 Å². The van der Waals surface area contributed by atoms with E-state index in [9.17, 15) is 4.79 Å². The van der Waals surface area contributed by atoms with Crippen molar-refractivity contribution in [2.75, 3.05) is 18.9 Å². The third kappa shape index (κ3) is 4.31. The van der Waals surface area contributed by atoms with Gasteiger partial charge in [0, 0.05) is 25.5 Å². The van der Waals surface area contributed by atoms with Crippen LogP contribution < -0.4 is 10.6 Å². The maximum Gasteiger partial charge on any atom is 0.269 e. The molecule has 0 saturated carbocycles. The van der Waals surface area contributed by atoms with Crippen LogP contribution in [-0.4, -0.2) is 24.5 Å². The van der Waals surface area contributed by atoms with Crippen molar-refractivity contribution >= 4 is 11.6 Å². The normalized spacial score (nSPS) is 11.7. The molecule has 0 saturated heterocycles. The molecule has 0 radical (unpaired) electrons. The Hall–Kier alpha value is -2.36. The van der Waals surface area contributed by atoms with Crippen molar-refractivity contribution < 1.29 is 4.79 Å². The monoisotopic (exact) mass is 283 g/mol. The van der Waals surface area contributed by atoms with Crippen molar-refractivity contribution in [3.63, 3.8) is 0 Å². The SMILES string of the molecule is CNC(=O)c1cc(NCCC(C)c2ccccc2)ccn1. The Kier molecular flexibility index (Phi) is 5.32. The number of benzene rings is 1. The van der Waals surface area contributed by atoms with E-state index < -0.39 is 0 Å². The summed E-state index contributed by atoms with van der Waals surface area (Å²) in [4.78, 5) is 15.6. The van der Waals surface area contributed by atoms with Gasteiger partial charge >= 0.3 is 0 Å². The number of hydrogen-bond donors (Lipinski definition) is 2. The Morgan fingerprint density at radius 1 is 1.24 bits per heavy atom. The van der Waals surface area contributed by atoms with Gasteiger partial charge in [-0.2, -0.15) is 0 Å². The van der Waals surface area contributed by atoms with E-state index in [1.165, 1.54) is 5.56 Å². The number of carbonyl (C=O) groups is 1. The van der Waals surface area contributed by atoms with Crippen LogP contribution in [0.4, 0.5) is 5.69 Å². The Labute approximate surface area is 125 Å². The maximum atomic E-state index is 11.5. The zero-order chi connectivity index (χ0) is 15.1. The van der Waals surface area contributed by atoms with Gasteiger partial charge in [-0.25, -0.2) is 0 Å². The van der Waals surface area contributed by atoms with Gasteiger partial charge in [0.05, 0.1) is 0 Å². The largest absolute Gasteiger partial charge is 0.385 e. The maximum absolute atomic E-state index is 11.5. The third-order valence-corrected chi connectivity index (χ3v) is 3.49. The van der Waals surface area contributed by atoms with E-state index in [0.29, 0.717) is 11.6 Å². The average molecular weight is 283 g/mol. The van der Waals surface area contributed by atoms with Gasteiger partial charge in [0.1, 0.15) is 5.69 Å². The minimum absolute atomic E-state index is 0.170. The Balaban J connectivity index is 1.87. The summed E-state index contributed by atoms with van der Waals surface area (Å²) in [7, 11) is 1.60. The Bertz CT molecular complexity index is 584. The fourth-order valence-electron chi connectivity index (χ4n) is 2.17. The lowest BCUT2D eigenvalue weighted by Crippen LogP contribution is -2.19. The predicted octanol–water partition coefficient (Wildman–Crippen LogP) is 3.05. The molecule has 2 aromatic rings. The quantitative estimate of drug-likeness (QED) is 0.856. The van der Waals surface area contributed by atoms with Gasteiger partial charge in [-0.3, -0.25) is 9.78 Å². The number of nitrogens with zero attached hydrogens (tertiary/aromatic N) is 1. The molecule has 1 amide bonds. The van der Waals surface area contributed by atoms with E-state index in [1.54, 1.807) is 19.3 Å². The highest BCUT2D eigenvalue weighted by Gasteiger charge is 2.07. The molecule has 4 heteroatoms. The van der Waals surface area contributed by atoms with Gasteiger partial charge in [-0.15, -0.1) is 0 Å². The summed E-state index contributed by atoms with van der Waals surface area (Å²) in [6.45, 7) is 3.08. The molecule has 0 spiro atoms. The zero-order valence-electron chi connectivity index (χ0n) is 12.5. The van der Waals surface area contributed by atoms with E-state index in [-0.39, 0.29) is 5.91 Å². The first kappa shape index (κ1) is 15.0. The molecule has 2 rings (SSSR count). The molecule has 0 aliphatic carbocycles. The lowest BCUT2D eigenvalue weighted by Gasteiger charge is -2.13. The van der Waals surface area contributed by atoms with Crippen molar-refractivity contribution in [2.45, 2.75) is 19.3 Å². The Morgan fingerprint density at radius 2 is 2.00 bits per heavy atom. The summed E-state index contributed by atoms with van der Waals surface area (Å²) in [5.74, 6) is 0.329. The van der Waals surface area contributed by atoms with Gasteiger partial charge in [0.25, 0.3) is 5.91 Å². The fourth-order valence-corrected chi connectivity index (χ4v) is 2.17. The highest BCUT2D eigenvalue weighted by atomic mass is 16.1. The molecule has 2 N–H and O–H groups in total. The second-order valence-corrected chi connectivity index (χ2v) is 5.04. The van der Waals surface area contributed by atoms with Crippen molar-refractivity contribution in [3.05, 3.63) is 59.9 Å². The van der Waals surface area contributed by atoms with Crippen LogP contribution in [0.1, 0.15) is 35.3 Å². The molecule has 1 aromatic carbocycles. The first-order chi connectivity index (χ1) is 10.2. The molecular formula is C17H21N3O. The van der Waals surface area contributed by atoms with Gasteiger partial charge in [0.2, 0.25) is 0 Å². The molecule has 21 heavy (non-hydrogen) atoms. The van der Waals surface area contributed by atoms with Crippen molar-refractivity contribution in [2.24, 2.45) is 0 Å². The van der Waals surface area contributed by atoms with Gasteiger partial charge < -0.3 is 10.6 Å². The minimum Gasteiger partial charge on any atom is -0.385 e. The van der Waals surface area contributed by atoms with Crippen LogP contribution in [0.15, 0.2) is 48.7 Å². The van der Waals surface area contributed by atoms with Crippen LogP contribution in [0.3, 0.4) is 0 Å². The molecule has 1 heterocycles. The molecule has 0 bridgehead atoms. The highest BCUT2D eigenvalue weighted by Crippen LogP contribution is 2.18. The number of rotatable bonds is 6. The first-order valence-electron chi connectivity index (χ1n) is 7.17. The number of amides is 1. The molecule has 0 aliphatic heterocycles. The lowest BCUT2D eigenvalue weighted by molar-refractivity contribution is 0.0958. The Morgan fingerprint density at radius 3 is 2.71 bits per heavy atom. The highest BCUT2D eigenvalue weighted by molar-refractivity contribution is 5.92. The van der Waals surface area contributed by atoms with Crippen molar-refractivity contribution in [1.82, 2.24) is 10.3 Å². The molecule has 4 nitrogen and oxygen atoms in total. The summed E-state index contributed by atoms with van der Waals surface area (Å²) in [5.41, 5.74) is 2.70. The summed E-state index contributed by atoms with van der Waals surface area (Å²) in [6, 6.07) is 14.1. The topological polar surface area (TPSA) is 54.0 Å². The van der Waals surface area contributed by atoms with Crippen LogP contribution >= 0.6 is 0 Å². The van der Waals surface area contributed by atoms with Crippen LogP contribution in [0.5, 0.6) is 0 Å². The molecule has 1 atom stereocenters. The summed E-state index contributed by atoms with van der Waals surface area (Å²) in [6.07, 6.45) is 2.68. The van der Waals surface area contributed by atoms with E-state index in [1.807, 2.05) is 12.1 Å². The number of aromatic nitrogens is 1. The van der Waals surface area contributed by atoms with E-state index in [2.05, 4.69) is 46.8 Å². The summed E-state index contributed by atoms with van der Waals surface area (Å²) in [5, 5.41) is 5.92. The molecule has 1 aromatic heterocycles. The molecule has 110 valence electrons. The number of anilines is 1. The molecule has 0 fully saturated rings. The fraction of sp³-hybridized carbons (Fsp3) is 0.294. The third-order valence-electron chi connectivity index (χ3n) is 3.49. The molecule has 0 aliphatic rings. The number of pyridine rings is 1. The minimum atomic E-state index is -0.170. The second kappa shape index (κ2) is 7.43. The van der Waals surface area contributed by atoms with E-state index >= 15 is 0 Å². The second-order valence-electron chi connectivity index (χ2n) is 5.04. The van der Waals surface area contributed by atoms with E-state index in [4.69, 9.17) is 0 Å². The first-order valence-corrected chi connectivity index (χ1v) is 7.17. The molecule has 1 unspecified atom stereocenters. The van der Waals surface area contributed by atoms with Crippen LogP contribution in [0.25, 0.3) is 0 Å². The lowest BCUT2D eigenvalue weighted by atomic mass is 9.98. The predicted molar refractivity (Wildman–Crippen MR) is 85.6 cm³/mol. The van der Waals surface area contributed by atoms with Gasteiger partial charge in [0.15, 0.2) is 0 Å². The van der Waals surface area contributed by atoms with Crippen molar-refractivity contribution in [3.8, 4) is 0 Å². The van der Waals surface area contributed by atoms with E-state index in [0.717, 1.165) is 18.7 Å². The van der Waals surface area contributed by atoms with Gasteiger partial charge in [-0.05, 0) is 30.0 Å². The standard InChI is InChI=1S/C17H21N3O/c1-13(14-6-4-3-5-7-14)8-10-19-15-9-11-20-16(12-15)17(21)18-2/h3-7,9,11-13H,8,10H2,1-2H3,(H,18,21)(H,19,20). The summed E-state index contributed by atoms with van der Waals surface area (Å²) < 4.78 is 0. The van der Waals surface area contributed by atoms with Crippen molar-refractivity contribution in [1.29, 1.82) is 0 Å². The number of carbonyl (C=O) groups excluding carboxylic acids is 1. The smallest absolute Gasteiger partial charge is 0.269 e. The number of hydrogen-bond acceptors (Lipinski definition) is 3. The van der Waals surface area contributed by atoms with Crippen LogP contribution in [0, 0.1) is 0 Å². The summed E-state index contributed by atoms with van der Waals surface area (Å²) >= 11 is 0. The van der Waals surface area contributed by atoms with Crippen LogP contribution in [-0.2, 0) is 0 Å². The van der Waals surface area contributed by atoms with Crippen LogP contribution in [0.2, 0.25) is 0 Å². The average Bonchev–Trinajstić information content (AvgIpc) is 2.55. The number of nitrogens with one attached hydrogen (secondary N) is 2. The molecular weight excluding hydrogens is 262 g/mol. The zero-order valence-corrected chi connectivity index (χ0v) is 12.5.